The summed E-state index contributed by atoms with van der Waals surface area (Å²) in [6.07, 6.45) is 0.574. The number of carbonyl (C=O) groups excluding carboxylic acids is 1. The lowest BCUT2D eigenvalue weighted by Gasteiger charge is -2.24. The molecule has 4 aromatic rings. The van der Waals surface area contributed by atoms with Crippen LogP contribution in [0.2, 0.25) is 6.04 Å². The molecule has 36 heavy (non-hydrogen) atoms. The van der Waals surface area contributed by atoms with E-state index in [0.29, 0.717) is 25.2 Å². The van der Waals surface area contributed by atoms with Crippen molar-refractivity contribution < 1.29 is 18.4 Å². The van der Waals surface area contributed by atoms with Crippen LogP contribution in [-0.4, -0.2) is 58.1 Å². The fraction of sp³-hybridized carbons (Fsp3) is 0.375. The first-order valence-corrected chi connectivity index (χ1v) is 14.9. The summed E-state index contributed by atoms with van der Waals surface area (Å²) in [7, 11) is 2.46. The van der Waals surface area contributed by atoms with Crippen molar-refractivity contribution >= 4 is 58.1 Å². The molecule has 4 heterocycles. The van der Waals surface area contributed by atoms with Crippen molar-refractivity contribution in [2.75, 3.05) is 26.4 Å². The number of aryl methyl sites for hydroxylation is 1. The fourth-order valence-corrected chi connectivity index (χ4v) is 7.91. The number of thiophene rings is 2. The molecule has 1 aromatic carbocycles. The number of carbonyl (C=O) groups is 1. The molecule has 12 heteroatoms. The Morgan fingerprint density at radius 2 is 2.19 bits per heavy atom. The molecule has 187 valence electrons. The van der Waals surface area contributed by atoms with E-state index >= 15 is 0 Å². The molecule has 0 saturated carbocycles. The van der Waals surface area contributed by atoms with Crippen LogP contribution in [-0.2, 0) is 27.4 Å². The van der Waals surface area contributed by atoms with E-state index in [1.807, 2.05) is 18.2 Å². The van der Waals surface area contributed by atoms with Crippen molar-refractivity contribution in [1.82, 2.24) is 15.2 Å². The van der Waals surface area contributed by atoms with Crippen LogP contribution in [0.5, 0.6) is 0 Å². The van der Waals surface area contributed by atoms with Gasteiger partial charge in [0, 0.05) is 59.1 Å². The number of rotatable bonds is 6. The zero-order valence-electron chi connectivity index (χ0n) is 19.8. The number of aromatic nitrogens is 1. The van der Waals surface area contributed by atoms with Gasteiger partial charge in [0.15, 0.2) is 5.58 Å². The molecule has 2 atom stereocenters. The highest BCUT2D eigenvalue weighted by atomic mass is 32.1. The number of benzene rings is 1. The lowest BCUT2D eigenvalue weighted by atomic mass is 10.1. The highest BCUT2D eigenvalue weighted by molar-refractivity contribution is 7.29. The number of hydrogen-bond donors (Lipinski definition) is 2. The highest BCUT2D eigenvalue weighted by Crippen LogP contribution is 2.39. The van der Waals surface area contributed by atoms with Crippen LogP contribution >= 0.6 is 22.7 Å². The number of nitrogens with one attached hydrogen (secondary N) is 2. The number of nitrogens with zero attached hydrogens (tertiary/aromatic N) is 2. The Morgan fingerprint density at radius 1 is 1.36 bits per heavy atom. The van der Waals surface area contributed by atoms with Crippen molar-refractivity contribution in [3.05, 3.63) is 45.8 Å². The summed E-state index contributed by atoms with van der Waals surface area (Å²) in [6.45, 7) is 0.879. The van der Waals surface area contributed by atoms with Crippen molar-refractivity contribution in [1.29, 1.82) is 5.26 Å². The van der Waals surface area contributed by atoms with Gasteiger partial charge in [-0.1, -0.05) is 0 Å². The Morgan fingerprint density at radius 3 is 2.97 bits per heavy atom. The Bertz CT molecular complexity index is 1460. The summed E-state index contributed by atoms with van der Waals surface area (Å²) < 4.78 is 20.2. The molecule has 0 spiro atoms. The SMILES string of the molecule is CO[Si]1CCO[C@H](C(=O)NC(C#N)Cc2cc3sc(-c4ccc5oc(=O)n(C)c5c4)cc3s2)CNC1. The molecule has 9 nitrogen and oxygen atoms in total. The zero-order valence-corrected chi connectivity index (χ0v) is 22.5. The molecule has 0 aliphatic carbocycles. The molecule has 1 unspecified atom stereocenters. The zero-order chi connectivity index (χ0) is 25.2. The number of oxazole rings is 1. The Labute approximate surface area is 217 Å². The van der Waals surface area contributed by atoms with Crippen LogP contribution in [0, 0.1) is 11.3 Å². The second-order valence-electron chi connectivity index (χ2n) is 8.54. The maximum absolute atomic E-state index is 12.7. The summed E-state index contributed by atoms with van der Waals surface area (Å²) in [5.74, 6) is -0.650. The van der Waals surface area contributed by atoms with Gasteiger partial charge >= 0.3 is 5.76 Å². The average molecular weight is 542 g/mol. The first-order chi connectivity index (χ1) is 17.4. The largest absolute Gasteiger partial charge is 0.419 e. The molecule has 5 rings (SSSR count). The van der Waals surface area contributed by atoms with Crippen LogP contribution in [0.4, 0.5) is 0 Å². The minimum atomic E-state index is -0.936. The topological polar surface area (TPSA) is 119 Å². The Hall–Kier alpha value is -2.79. The highest BCUT2D eigenvalue weighted by Gasteiger charge is 2.26. The second-order valence-corrected chi connectivity index (χ2v) is 13.1. The molecule has 3 aromatic heterocycles. The predicted molar refractivity (Wildman–Crippen MR) is 142 cm³/mol. The van der Waals surface area contributed by atoms with E-state index < -0.39 is 21.2 Å². The lowest BCUT2D eigenvalue weighted by Crippen LogP contribution is -2.50. The van der Waals surface area contributed by atoms with E-state index in [0.717, 1.165) is 42.4 Å². The van der Waals surface area contributed by atoms with Crippen molar-refractivity contribution in [3.8, 4) is 16.5 Å². The number of fused-ring (bicyclic) bond motifs is 2. The number of ether oxygens (including phenoxy) is 1. The Balaban J connectivity index is 1.25. The third-order valence-electron chi connectivity index (χ3n) is 6.14. The third-order valence-corrected chi connectivity index (χ3v) is 10.5. The van der Waals surface area contributed by atoms with Gasteiger partial charge in [0.2, 0.25) is 9.04 Å². The van der Waals surface area contributed by atoms with Gasteiger partial charge in [-0.3, -0.25) is 9.36 Å². The minimum absolute atomic E-state index is 0.271. The predicted octanol–water partition coefficient (Wildman–Crippen LogP) is 2.79. The maximum Gasteiger partial charge on any atom is 0.419 e. The van der Waals surface area contributed by atoms with Crippen molar-refractivity contribution in [2.24, 2.45) is 7.05 Å². The van der Waals surface area contributed by atoms with Crippen molar-refractivity contribution in [3.63, 3.8) is 0 Å². The number of nitriles is 1. The molecule has 2 N–H and O–H groups in total. The number of amides is 1. The monoisotopic (exact) mass is 541 g/mol. The fourth-order valence-electron chi connectivity index (χ4n) is 4.15. The van der Waals surface area contributed by atoms with E-state index in [-0.39, 0.29) is 11.7 Å². The van der Waals surface area contributed by atoms with E-state index in [1.165, 1.54) is 4.57 Å². The summed E-state index contributed by atoms with van der Waals surface area (Å²) in [4.78, 5) is 26.7. The Kier molecular flexibility index (Phi) is 7.38. The van der Waals surface area contributed by atoms with Crippen LogP contribution in [0.3, 0.4) is 0 Å². The molecule has 1 aliphatic heterocycles. The van der Waals surface area contributed by atoms with Gasteiger partial charge in [-0.15, -0.1) is 22.7 Å². The smallest absolute Gasteiger partial charge is 0.418 e. The van der Waals surface area contributed by atoms with Gasteiger partial charge in [-0.2, -0.15) is 5.26 Å². The summed E-state index contributed by atoms with van der Waals surface area (Å²) in [5, 5.41) is 15.8. The van der Waals surface area contributed by atoms with Crippen LogP contribution in [0.1, 0.15) is 4.88 Å². The van der Waals surface area contributed by atoms with Crippen LogP contribution in [0.15, 0.2) is 39.5 Å². The lowest BCUT2D eigenvalue weighted by molar-refractivity contribution is -0.132. The molecular formula is C24H25N4O5S2Si. The average Bonchev–Trinajstić information content (AvgIpc) is 3.50. The summed E-state index contributed by atoms with van der Waals surface area (Å²) in [5.41, 5.74) is 2.34. The third kappa shape index (κ3) is 5.17. The van der Waals surface area contributed by atoms with Gasteiger partial charge in [-0.25, -0.2) is 4.79 Å². The molecule has 1 saturated heterocycles. The normalized spacial score (nSPS) is 18.1. The van der Waals surface area contributed by atoms with Gasteiger partial charge in [0.1, 0.15) is 12.1 Å². The van der Waals surface area contributed by atoms with Gasteiger partial charge in [0.25, 0.3) is 5.91 Å². The molecule has 1 fully saturated rings. The van der Waals surface area contributed by atoms with Gasteiger partial charge in [0.05, 0.1) is 11.6 Å². The quantitative estimate of drug-likeness (QED) is 0.360. The van der Waals surface area contributed by atoms with E-state index in [1.54, 1.807) is 36.8 Å². The molecule has 1 aliphatic rings. The first-order valence-electron chi connectivity index (χ1n) is 11.5. The van der Waals surface area contributed by atoms with E-state index in [2.05, 4.69) is 28.8 Å². The van der Waals surface area contributed by atoms with Crippen molar-refractivity contribution in [2.45, 2.75) is 24.6 Å². The minimum Gasteiger partial charge on any atom is -0.418 e. The first kappa shape index (κ1) is 24.9. The second kappa shape index (κ2) is 10.7. The maximum atomic E-state index is 12.7. The van der Waals surface area contributed by atoms with Crippen LogP contribution < -0.4 is 16.4 Å². The molecule has 1 amide bonds. The van der Waals surface area contributed by atoms with Crippen LogP contribution in [0.25, 0.3) is 30.9 Å². The molecular weight excluding hydrogens is 517 g/mol. The summed E-state index contributed by atoms with van der Waals surface area (Å²) >= 11 is 3.28. The standard InChI is InChI=1S/C24H25N4O5S2Si/c1-28-17-7-14(3-4-18(17)33-24(28)30)20-10-22-21(35-20)9-16(34-22)8-15(11-25)27-23(29)19-12-26-13-36(31-2)6-5-32-19/h3-4,7,9-10,15,19,26H,5-6,8,12-13H2,1-2H3,(H,27,29)/t15?,19-/m0/s1. The number of hydrogen-bond acceptors (Lipinski definition) is 9. The molecule has 1 radical (unpaired) electrons. The van der Waals surface area contributed by atoms with E-state index in [4.69, 9.17) is 13.6 Å². The van der Waals surface area contributed by atoms with Gasteiger partial charge in [-0.05, 0) is 41.9 Å². The molecule has 0 bridgehead atoms. The van der Waals surface area contributed by atoms with Gasteiger partial charge < -0.3 is 24.2 Å². The van der Waals surface area contributed by atoms with E-state index in [9.17, 15) is 14.9 Å². The summed E-state index contributed by atoms with van der Waals surface area (Å²) in [6, 6.07) is 12.3.